The summed E-state index contributed by atoms with van der Waals surface area (Å²) in [5.41, 5.74) is 0.835. The third-order valence-corrected chi connectivity index (χ3v) is 4.20. The molecule has 0 radical (unpaired) electrons. The Bertz CT molecular complexity index is 649. The summed E-state index contributed by atoms with van der Waals surface area (Å²) in [6, 6.07) is 7.91. The number of benzene rings is 1. The smallest absolute Gasteiger partial charge is 0.140 e. The first-order valence-electron chi connectivity index (χ1n) is 7.44. The number of rotatable bonds is 4. The summed E-state index contributed by atoms with van der Waals surface area (Å²) in [5.74, 6) is -1.12. The lowest BCUT2D eigenvalue weighted by Gasteiger charge is -2.23. The Kier molecular flexibility index (Phi) is 4.45. The zero-order valence-electron chi connectivity index (χ0n) is 12.2. The lowest BCUT2D eigenvalue weighted by Crippen LogP contribution is -2.32. The number of hydrogen-bond donors (Lipinski definition) is 1. The molecule has 1 aliphatic rings. The minimum absolute atomic E-state index is 0.0164. The molecule has 0 saturated carbocycles. The quantitative estimate of drug-likeness (QED) is 0.943. The molecule has 1 aromatic carbocycles. The van der Waals surface area contributed by atoms with Gasteiger partial charge in [0.15, 0.2) is 0 Å². The Morgan fingerprint density at radius 3 is 2.82 bits per heavy atom. The predicted octanol–water partition coefficient (Wildman–Crippen LogP) is 2.98. The number of aliphatic hydroxyl groups excluding tert-OH is 1. The van der Waals surface area contributed by atoms with E-state index >= 15 is 0 Å². The highest BCUT2D eigenvalue weighted by Gasteiger charge is 2.26. The Balaban J connectivity index is 1.94. The fourth-order valence-corrected chi connectivity index (χ4v) is 2.98. The molecule has 0 unspecified atom stereocenters. The van der Waals surface area contributed by atoms with Crippen LogP contribution >= 0.6 is 0 Å². The van der Waals surface area contributed by atoms with Crippen molar-refractivity contribution in [3.8, 4) is 11.3 Å². The Morgan fingerprint density at radius 2 is 2.09 bits per heavy atom. The number of pyridine rings is 1. The van der Waals surface area contributed by atoms with E-state index < -0.39 is 11.6 Å². The van der Waals surface area contributed by atoms with Crippen molar-refractivity contribution in [2.45, 2.75) is 25.4 Å². The van der Waals surface area contributed by atoms with E-state index in [1.165, 1.54) is 12.1 Å². The van der Waals surface area contributed by atoms with Crippen LogP contribution in [0.5, 0.6) is 0 Å². The summed E-state index contributed by atoms with van der Waals surface area (Å²) in [7, 11) is 0. The van der Waals surface area contributed by atoms with E-state index in [0.29, 0.717) is 11.3 Å². The van der Waals surface area contributed by atoms with Crippen molar-refractivity contribution in [2.75, 3.05) is 13.2 Å². The van der Waals surface area contributed by atoms with E-state index in [4.69, 9.17) is 0 Å². The average molecular weight is 304 g/mol. The molecular formula is C17H18F2N2O. The fraction of sp³-hybridized carbons (Fsp3) is 0.353. The van der Waals surface area contributed by atoms with E-state index in [1.807, 2.05) is 4.90 Å². The van der Waals surface area contributed by atoms with Crippen molar-refractivity contribution in [1.29, 1.82) is 0 Å². The summed E-state index contributed by atoms with van der Waals surface area (Å²) < 4.78 is 28.8. The molecule has 0 bridgehead atoms. The van der Waals surface area contributed by atoms with E-state index in [9.17, 15) is 13.9 Å². The van der Waals surface area contributed by atoms with E-state index in [-0.39, 0.29) is 24.8 Å². The molecule has 3 nitrogen and oxygen atoms in total. The minimum atomic E-state index is -0.567. The summed E-state index contributed by atoms with van der Waals surface area (Å²) >= 11 is 0. The van der Waals surface area contributed by atoms with Crippen molar-refractivity contribution < 1.29 is 13.9 Å². The number of nitrogens with zero attached hydrogens (tertiary/aromatic N) is 2. The monoisotopic (exact) mass is 304 g/mol. The van der Waals surface area contributed by atoms with Crippen LogP contribution < -0.4 is 0 Å². The van der Waals surface area contributed by atoms with Crippen LogP contribution in [0, 0.1) is 11.6 Å². The summed E-state index contributed by atoms with van der Waals surface area (Å²) in [5, 5.41) is 9.35. The van der Waals surface area contributed by atoms with Crippen LogP contribution in [0.15, 0.2) is 36.5 Å². The van der Waals surface area contributed by atoms with Crippen molar-refractivity contribution >= 4 is 0 Å². The molecular weight excluding hydrogens is 286 g/mol. The molecule has 5 heteroatoms. The molecule has 1 aromatic heterocycles. The van der Waals surface area contributed by atoms with Crippen molar-refractivity contribution in [2.24, 2.45) is 0 Å². The average Bonchev–Trinajstić information content (AvgIpc) is 2.99. The van der Waals surface area contributed by atoms with Gasteiger partial charge in [-0.25, -0.2) is 8.78 Å². The first-order chi connectivity index (χ1) is 10.7. The second-order valence-electron chi connectivity index (χ2n) is 5.55. The van der Waals surface area contributed by atoms with Gasteiger partial charge in [0, 0.05) is 29.9 Å². The zero-order chi connectivity index (χ0) is 15.5. The third kappa shape index (κ3) is 2.87. The molecule has 0 aliphatic carbocycles. The lowest BCUT2D eigenvalue weighted by molar-refractivity contribution is 0.151. The summed E-state index contributed by atoms with van der Waals surface area (Å²) in [4.78, 5) is 6.06. The topological polar surface area (TPSA) is 36.4 Å². The van der Waals surface area contributed by atoms with E-state index in [2.05, 4.69) is 4.98 Å². The van der Waals surface area contributed by atoms with Crippen LogP contribution in [-0.4, -0.2) is 34.2 Å². The summed E-state index contributed by atoms with van der Waals surface area (Å²) in [6.07, 6.45) is 3.38. The highest BCUT2D eigenvalue weighted by Crippen LogP contribution is 2.28. The molecule has 2 aromatic rings. The second-order valence-corrected chi connectivity index (χ2v) is 5.55. The van der Waals surface area contributed by atoms with E-state index in [0.717, 1.165) is 19.4 Å². The number of aromatic nitrogens is 1. The van der Waals surface area contributed by atoms with Crippen LogP contribution in [0.25, 0.3) is 11.3 Å². The van der Waals surface area contributed by atoms with Crippen LogP contribution in [0.1, 0.15) is 18.4 Å². The molecule has 116 valence electrons. The SMILES string of the molecule is OC[C@@H]1CCCN1Cc1c(F)ccc(-c2ccccn2)c1F. The Hall–Kier alpha value is -1.85. The molecule has 0 amide bonds. The third-order valence-electron chi connectivity index (χ3n) is 4.20. The molecule has 1 aliphatic heterocycles. The molecule has 2 heterocycles. The first-order valence-corrected chi connectivity index (χ1v) is 7.44. The van der Waals surface area contributed by atoms with Gasteiger partial charge in [-0.05, 0) is 43.7 Å². The number of hydrogen-bond acceptors (Lipinski definition) is 3. The van der Waals surface area contributed by atoms with Crippen molar-refractivity contribution in [3.63, 3.8) is 0 Å². The van der Waals surface area contributed by atoms with Gasteiger partial charge in [0.25, 0.3) is 0 Å². The Labute approximate surface area is 128 Å². The fourth-order valence-electron chi connectivity index (χ4n) is 2.98. The maximum atomic E-state index is 14.7. The molecule has 0 spiro atoms. The molecule has 1 saturated heterocycles. The van der Waals surface area contributed by atoms with E-state index in [1.54, 1.807) is 24.4 Å². The highest BCUT2D eigenvalue weighted by atomic mass is 19.1. The molecule has 3 rings (SSSR count). The number of likely N-dealkylation sites (tertiary alicyclic amines) is 1. The van der Waals surface area contributed by atoms with Crippen LogP contribution in [-0.2, 0) is 6.54 Å². The number of halogens is 2. The predicted molar refractivity (Wildman–Crippen MR) is 80.1 cm³/mol. The second kappa shape index (κ2) is 6.50. The Morgan fingerprint density at radius 1 is 1.23 bits per heavy atom. The highest BCUT2D eigenvalue weighted by molar-refractivity contribution is 5.61. The molecule has 1 N–H and O–H groups in total. The molecule has 22 heavy (non-hydrogen) atoms. The van der Waals surface area contributed by atoms with Crippen LogP contribution in [0.2, 0.25) is 0 Å². The van der Waals surface area contributed by atoms with Gasteiger partial charge in [0.2, 0.25) is 0 Å². The zero-order valence-corrected chi connectivity index (χ0v) is 12.2. The van der Waals surface area contributed by atoms with Gasteiger partial charge in [-0.3, -0.25) is 9.88 Å². The van der Waals surface area contributed by atoms with Gasteiger partial charge in [-0.1, -0.05) is 6.07 Å². The standard InChI is InChI=1S/C17H18F2N2O/c18-15-7-6-13(16-5-1-2-8-20-16)17(19)14(15)10-21-9-3-4-12(21)11-22/h1-2,5-8,12,22H,3-4,9-11H2/t12-/m0/s1. The lowest BCUT2D eigenvalue weighted by atomic mass is 10.0. The van der Waals surface area contributed by atoms with Gasteiger partial charge >= 0.3 is 0 Å². The largest absolute Gasteiger partial charge is 0.395 e. The number of aliphatic hydroxyl groups is 1. The van der Waals surface area contributed by atoms with Crippen LogP contribution in [0.4, 0.5) is 8.78 Å². The normalized spacial score (nSPS) is 18.8. The van der Waals surface area contributed by atoms with Crippen molar-refractivity contribution in [1.82, 2.24) is 9.88 Å². The maximum absolute atomic E-state index is 14.7. The van der Waals surface area contributed by atoms with Crippen LogP contribution in [0.3, 0.4) is 0 Å². The van der Waals surface area contributed by atoms with Gasteiger partial charge in [0.1, 0.15) is 11.6 Å². The minimum Gasteiger partial charge on any atom is -0.395 e. The first kappa shape index (κ1) is 15.1. The maximum Gasteiger partial charge on any atom is 0.140 e. The van der Waals surface area contributed by atoms with Crippen molar-refractivity contribution in [3.05, 3.63) is 53.7 Å². The molecule has 1 atom stereocenters. The molecule has 1 fully saturated rings. The van der Waals surface area contributed by atoms with Gasteiger partial charge in [-0.15, -0.1) is 0 Å². The summed E-state index contributed by atoms with van der Waals surface area (Å²) in [6.45, 7) is 0.935. The van der Waals surface area contributed by atoms with Gasteiger partial charge < -0.3 is 5.11 Å². The van der Waals surface area contributed by atoms with Gasteiger partial charge in [-0.2, -0.15) is 0 Å². The van der Waals surface area contributed by atoms with Gasteiger partial charge in [0.05, 0.1) is 12.3 Å².